The Morgan fingerprint density at radius 3 is 2.48 bits per heavy atom. The third-order valence-electron chi connectivity index (χ3n) is 3.69. The van der Waals surface area contributed by atoms with Gasteiger partial charge in [0, 0.05) is 0 Å². The molecule has 1 N–H and O–H groups in total. The number of hydrogen-bond donors (Lipinski definition) is 1. The lowest BCUT2D eigenvalue weighted by Crippen LogP contribution is -2.40. The molecule has 6 heteroatoms. The predicted molar refractivity (Wildman–Crippen MR) is 87.6 cm³/mol. The summed E-state index contributed by atoms with van der Waals surface area (Å²) in [6, 6.07) is 14.7. The maximum Gasteiger partial charge on any atom is 0.262 e. The van der Waals surface area contributed by atoms with Crippen molar-refractivity contribution in [2.75, 3.05) is 0 Å². The van der Waals surface area contributed by atoms with Crippen molar-refractivity contribution in [2.45, 2.75) is 12.5 Å². The monoisotopic (exact) mass is 325 g/mol. The lowest BCUT2D eigenvalue weighted by molar-refractivity contribution is -0.310. The molecule has 0 spiro atoms. The van der Waals surface area contributed by atoms with Crippen LogP contribution in [0.2, 0.25) is 0 Å². The average Bonchev–Trinajstić information content (AvgIpc) is 2.54. The second-order valence-corrected chi connectivity index (χ2v) is 5.56. The lowest BCUT2D eigenvalue weighted by atomic mass is 10.1. The Kier molecular flexibility index (Phi) is 4.08. The molecular formula is C17H13N2O3S-. The van der Waals surface area contributed by atoms with E-state index in [1.807, 2.05) is 18.2 Å². The van der Waals surface area contributed by atoms with Crippen LogP contribution in [0.4, 0.5) is 0 Å². The highest BCUT2D eigenvalue weighted by Gasteiger charge is 2.18. The van der Waals surface area contributed by atoms with Crippen LogP contribution in [0.25, 0.3) is 10.9 Å². The van der Waals surface area contributed by atoms with Crippen LogP contribution in [-0.4, -0.2) is 15.5 Å². The summed E-state index contributed by atoms with van der Waals surface area (Å²) in [7, 11) is 0. The van der Waals surface area contributed by atoms with Crippen LogP contribution in [0, 0.1) is 4.77 Å². The number of hydrogen-bond acceptors (Lipinski definition) is 4. The van der Waals surface area contributed by atoms with E-state index in [1.165, 1.54) is 0 Å². The number of carbonyl (C=O) groups is 1. The normalized spacial score (nSPS) is 12.2. The highest BCUT2D eigenvalue weighted by atomic mass is 32.1. The van der Waals surface area contributed by atoms with Gasteiger partial charge in [0.2, 0.25) is 0 Å². The number of aliphatic carboxylic acids is 1. The van der Waals surface area contributed by atoms with Crippen molar-refractivity contribution in [3.8, 4) is 0 Å². The molecule has 0 aliphatic heterocycles. The van der Waals surface area contributed by atoms with Gasteiger partial charge in [-0.25, -0.2) is 0 Å². The van der Waals surface area contributed by atoms with E-state index in [0.717, 1.165) is 10.1 Å². The van der Waals surface area contributed by atoms with E-state index < -0.39 is 17.6 Å². The van der Waals surface area contributed by atoms with Gasteiger partial charge in [0.05, 0.1) is 22.9 Å². The maximum atomic E-state index is 12.7. The number of rotatable bonds is 4. The number of aromatic amines is 1. The minimum absolute atomic E-state index is 0.0684. The van der Waals surface area contributed by atoms with E-state index in [1.54, 1.807) is 36.4 Å². The first-order chi connectivity index (χ1) is 11.1. The Balaban J connectivity index is 2.17. The standard InChI is InChI=1S/C17H14N2O3S/c20-15-12-8-4-5-9-13(12)18-17(23)19(15)14(16(21)22)10-11-6-2-1-3-7-11/h1-9,14H,10H2,(H,18,23)(H,21,22)/p-1/t14-/m0/s1. The first-order valence-electron chi connectivity index (χ1n) is 7.06. The molecule has 1 atom stereocenters. The van der Waals surface area contributed by atoms with Crippen molar-refractivity contribution < 1.29 is 9.90 Å². The molecule has 3 rings (SSSR count). The molecule has 0 amide bonds. The van der Waals surface area contributed by atoms with Gasteiger partial charge in [0.25, 0.3) is 5.56 Å². The summed E-state index contributed by atoms with van der Waals surface area (Å²) in [5.41, 5.74) is 0.932. The number of para-hydroxylation sites is 1. The van der Waals surface area contributed by atoms with Gasteiger partial charge in [0.1, 0.15) is 0 Å². The molecule has 0 fully saturated rings. The average molecular weight is 325 g/mol. The van der Waals surface area contributed by atoms with Crippen LogP contribution in [0.1, 0.15) is 11.6 Å². The summed E-state index contributed by atoms with van der Waals surface area (Å²) in [5.74, 6) is -1.34. The number of carboxylic acids is 1. The molecule has 1 heterocycles. The van der Waals surface area contributed by atoms with Crippen molar-refractivity contribution >= 4 is 29.1 Å². The first-order valence-corrected chi connectivity index (χ1v) is 7.47. The van der Waals surface area contributed by atoms with Gasteiger partial charge in [-0.3, -0.25) is 9.36 Å². The topological polar surface area (TPSA) is 77.9 Å². The van der Waals surface area contributed by atoms with Crippen molar-refractivity contribution in [2.24, 2.45) is 0 Å². The zero-order valence-electron chi connectivity index (χ0n) is 12.1. The molecular weight excluding hydrogens is 312 g/mol. The van der Waals surface area contributed by atoms with Gasteiger partial charge in [0.15, 0.2) is 4.77 Å². The molecule has 116 valence electrons. The van der Waals surface area contributed by atoms with E-state index in [4.69, 9.17) is 12.2 Å². The minimum atomic E-state index is -1.34. The maximum absolute atomic E-state index is 12.7. The van der Waals surface area contributed by atoms with Crippen LogP contribution in [0.5, 0.6) is 0 Å². The molecule has 0 saturated carbocycles. The molecule has 2 aromatic carbocycles. The van der Waals surface area contributed by atoms with Crippen molar-refractivity contribution in [1.29, 1.82) is 0 Å². The van der Waals surface area contributed by atoms with Gasteiger partial charge in [-0.15, -0.1) is 0 Å². The Bertz CT molecular complexity index is 976. The Morgan fingerprint density at radius 2 is 1.78 bits per heavy atom. The Hall–Kier alpha value is -2.73. The van der Waals surface area contributed by atoms with E-state index in [9.17, 15) is 14.7 Å². The predicted octanol–water partition coefficient (Wildman–Crippen LogP) is 1.59. The van der Waals surface area contributed by atoms with Crippen LogP contribution in [0.3, 0.4) is 0 Å². The van der Waals surface area contributed by atoms with E-state index in [2.05, 4.69) is 4.98 Å². The number of nitrogens with one attached hydrogen (secondary N) is 1. The molecule has 0 aliphatic carbocycles. The molecule has 0 saturated heterocycles. The molecule has 0 aliphatic rings. The summed E-state index contributed by atoms with van der Waals surface area (Å²) < 4.78 is 1.15. The minimum Gasteiger partial charge on any atom is -0.548 e. The number of nitrogens with zero attached hydrogens (tertiary/aromatic N) is 1. The largest absolute Gasteiger partial charge is 0.548 e. The van der Waals surface area contributed by atoms with Gasteiger partial charge >= 0.3 is 0 Å². The van der Waals surface area contributed by atoms with Crippen LogP contribution >= 0.6 is 12.2 Å². The van der Waals surface area contributed by atoms with Crippen LogP contribution in [-0.2, 0) is 11.2 Å². The molecule has 0 radical (unpaired) electrons. The zero-order valence-corrected chi connectivity index (χ0v) is 12.9. The summed E-state index contributed by atoms with van der Waals surface area (Å²) in [5, 5.41) is 12.0. The quantitative estimate of drug-likeness (QED) is 0.739. The van der Waals surface area contributed by atoms with E-state index in [0.29, 0.717) is 10.9 Å². The molecule has 23 heavy (non-hydrogen) atoms. The molecule has 1 aromatic heterocycles. The fraction of sp³-hybridized carbons (Fsp3) is 0.118. The number of benzene rings is 2. The van der Waals surface area contributed by atoms with Gasteiger partial charge < -0.3 is 14.9 Å². The van der Waals surface area contributed by atoms with E-state index >= 15 is 0 Å². The van der Waals surface area contributed by atoms with Crippen LogP contribution < -0.4 is 10.7 Å². The highest BCUT2D eigenvalue weighted by Crippen LogP contribution is 2.15. The Morgan fingerprint density at radius 1 is 1.13 bits per heavy atom. The van der Waals surface area contributed by atoms with Crippen LogP contribution in [0.15, 0.2) is 59.4 Å². The van der Waals surface area contributed by atoms with Gasteiger partial charge in [-0.2, -0.15) is 0 Å². The number of carboxylic acid groups (broad SMARTS) is 1. The summed E-state index contributed by atoms with van der Waals surface area (Å²) in [6.45, 7) is 0. The molecule has 5 nitrogen and oxygen atoms in total. The van der Waals surface area contributed by atoms with Gasteiger partial charge in [-0.1, -0.05) is 42.5 Å². The fourth-order valence-corrected chi connectivity index (χ4v) is 2.90. The van der Waals surface area contributed by atoms with E-state index in [-0.39, 0.29) is 11.2 Å². The number of H-pyrrole nitrogens is 1. The number of carbonyl (C=O) groups excluding carboxylic acids is 1. The smallest absolute Gasteiger partial charge is 0.262 e. The summed E-state index contributed by atoms with van der Waals surface area (Å²) in [6.07, 6.45) is 0.124. The summed E-state index contributed by atoms with van der Waals surface area (Å²) >= 11 is 5.19. The first kappa shape index (κ1) is 15.2. The van der Waals surface area contributed by atoms with Gasteiger partial charge in [-0.05, 0) is 36.3 Å². The second-order valence-electron chi connectivity index (χ2n) is 5.18. The SMILES string of the molecule is O=C([O-])[C@H](Cc1ccccc1)n1c(=S)[nH]c2ccccc2c1=O. The third kappa shape index (κ3) is 2.93. The second kappa shape index (κ2) is 6.18. The van der Waals surface area contributed by atoms with Crippen molar-refractivity contribution in [1.82, 2.24) is 9.55 Å². The Labute approximate surface area is 136 Å². The number of aromatic nitrogens is 2. The number of fused-ring (bicyclic) bond motifs is 1. The third-order valence-corrected chi connectivity index (χ3v) is 3.99. The van der Waals surface area contributed by atoms with Crippen molar-refractivity contribution in [3.63, 3.8) is 0 Å². The fourth-order valence-electron chi connectivity index (χ4n) is 2.58. The van der Waals surface area contributed by atoms with Crippen molar-refractivity contribution in [3.05, 3.63) is 75.3 Å². The highest BCUT2D eigenvalue weighted by molar-refractivity contribution is 7.71. The zero-order chi connectivity index (χ0) is 16.4. The summed E-state index contributed by atoms with van der Waals surface area (Å²) in [4.78, 5) is 27.2. The lowest BCUT2D eigenvalue weighted by Gasteiger charge is -2.21. The molecule has 0 bridgehead atoms. The molecule has 3 aromatic rings. The molecule has 0 unspecified atom stereocenters.